The van der Waals surface area contributed by atoms with E-state index in [4.69, 9.17) is 9.47 Å². The first-order chi connectivity index (χ1) is 13.9. The van der Waals surface area contributed by atoms with Gasteiger partial charge in [-0.2, -0.15) is 5.26 Å². The molecule has 152 valence electrons. The van der Waals surface area contributed by atoms with Crippen LogP contribution in [0.1, 0.15) is 38.2 Å². The molecule has 2 N–H and O–H groups in total. The summed E-state index contributed by atoms with van der Waals surface area (Å²) in [5, 5.41) is 14.8. The zero-order chi connectivity index (χ0) is 20.6. The first-order valence-corrected chi connectivity index (χ1v) is 9.63. The molecule has 2 aliphatic heterocycles. The fourth-order valence-corrected chi connectivity index (χ4v) is 4.08. The van der Waals surface area contributed by atoms with Crippen LogP contribution in [0.15, 0.2) is 18.2 Å². The maximum absolute atomic E-state index is 13.1. The summed E-state index contributed by atoms with van der Waals surface area (Å²) in [6.45, 7) is 2.01. The Kier molecular flexibility index (Phi) is 4.57. The van der Waals surface area contributed by atoms with E-state index in [-0.39, 0.29) is 0 Å². The Balaban J connectivity index is 1.51. The molecule has 1 saturated carbocycles. The molecular formula is C20H22N4O5. The van der Waals surface area contributed by atoms with E-state index in [0.29, 0.717) is 43.1 Å². The van der Waals surface area contributed by atoms with Crippen molar-refractivity contribution < 1.29 is 23.9 Å². The summed E-state index contributed by atoms with van der Waals surface area (Å²) in [7, 11) is 0. The SMILES string of the molecule is C[C@]1(c2ccc3c(c2)OCCO3)NC(=O)N(CC(=O)NC2(C#N)CCCC2)C1=O. The molecule has 4 rings (SSSR count). The van der Waals surface area contributed by atoms with Crippen LogP contribution in [-0.4, -0.2) is 48.0 Å². The van der Waals surface area contributed by atoms with E-state index in [1.54, 1.807) is 25.1 Å². The van der Waals surface area contributed by atoms with E-state index in [2.05, 4.69) is 16.7 Å². The van der Waals surface area contributed by atoms with Crippen LogP contribution in [0.25, 0.3) is 0 Å². The fourth-order valence-electron chi connectivity index (χ4n) is 4.08. The highest BCUT2D eigenvalue weighted by molar-refractivity contribution is 6.09. The minimum absolute atomic E-state index is 0.403. The second-order valence-corrected chi connectivity index (χ2v) is 7.75. The van der Waals surface area contributed by atoms with Gasteiger partial charge in [0.1, 0.15) is 30.8 Å². The van der Waals surface area contributed by atoms with E-state index >= 15 is 0 Å². The maximum Gasteiger partial charge on any atom is 0.325 e. The van der Waals surface area contributed by atoms with Crippen LogP contribution >= 0.6 is 0 Å². The van der Waals surface area contributed by atoms with Gasteiger partial charge in [-0.15, -0.1) is 0 Å². The lowest BCUT2D eigenvalue weighted by Crippen LogP contribution is -2.50. The predicted octanol–water partition coefficient (Wildman–Crippen LogP) is 1.18. The van der Waals surface area contributed by atoms with Crippen LogP contribution in [-0.2, 0) is 15.1 Å². The number of urea groups is 1. The molecule has 1 saturated heterocycles. The molecule has 9 nitrogen and oxygen atoms in total. The Morgan fingerprint density at radius 3 is 2.62 bits per heavy atom. The van der Waals surface area contributed by atoms with Crippen molar-refractivity contribution in [1.29, 1.82) is 5.26 Å². The topological polar surface area (TPSA) is 121 Å². The number of imide groups is 1. The number of carbonyl (C=O) groups is 3. The van der Waals surface area contributed by atoms with Gasteiger partial charge in [0.25, 0.3) is 5.91 Å². The third-order valence-electron chi connectivity index (χ3n) is 5.75. The highest BCUT2D eigenvalue weighted by atomic mass is 16.6. The largest absolute Gasteiger partial charge is 0.486 e. The molecule has 0 aromatic heterocycles. The number of carbonyl (C=O) groups excluding carboxylic acids is 3. The number of hydrogen-bond acceptors (Lipinski definition) is 6. The number of hydrogen-bond donors (Lipinski definition) is 2. The highest BCUT2D eigenvalue weighted by Crippen LogP contribution is 2.37. The predicted molar refractivity (Wildman–Crippen MR) is 100.0 cm³/mol. The second-order valence-electron chi connectivity index (χ2n) is 7.75. The van der Waals surface area contributed by atoms with Crippen molar-refractivity contribution >= 4 is 17.8 Å². The third kappa shape index (κ3) is 3.24. The van der Waals surface area contributed by atoms with Gasteiger partial charge < -0.3 is 20.1 Å². The zero-order valence-corrected chi connectivity index (χ0v) is 16.1. The van der Waals surface area contributed by atoms with Crippen molar-refractivity contribution in [3.8, 4) is 17.6 Å². The standard InChI is InChI=1S/C20H22N4O5/c1-19(13-4-5-14-15(10-13)29-9-8-28-14)17(26)24(18(27)23-19)11-16(25)22-20(12-21)6-2-3-7-20/h4-5,10H,2-3,6-9,11H2,1H3,(H,22,25)(H,23,27)/t19-/m1/s1. The van der Waals surface area contributed by atoms with Gasteiger partial charge in [0.15, 0.2) is 11.5 Å². The molecule has 4 amide bonds. The van der Waals surface area contributed by atoms with Gasteiger partial charge in [0.2, 0.25) is 5.91 Å². The first-order valence-electron chi connectivity index (χ1n) is 9.63. The van der Waals surface area contributed by atoms with Gasteiger partial charge in [-0.25, -0.2) is 4.79 Å². The second kappa shape index (κ2) is 6.95. The molecule has 1 aromatic rings. The van der Waals surface area contributed by atoms with Crippen molar-refractivity contribution in [3.05, 3.63) is 23.8 Å². The van der Waals surface area contributed by atoms with Crippen molar-refractivity contribution in [2.45, 2.75) is 43.7 Å². The number of nitrogens with one attached hydrogen (secondary N) is 2. The lowest BCUT2D eigenvalue weighted by Gasteiger charge is -2.26. The van der Waals surface area contributed by atoms with Gasteiger partial charge in [0.05, 0.1) is 6.07 Å². The highest BCUT2D eigenvalue weighted by Gasteiger charge is 2.50. The number of nitriles is 1. The minimum atomic E-state index is -1.33. The summed E-state index contributed by atoms with van der Waals surface area (Å²) in [6, 6.07) is 6.57. The lowest BCUT2D eigenvalue weighted by atomic mass is 9.91. The van der Waals surface area contributed by atoms with Gasteiger partial charge in [-0.1, -0.05) is 6.07 Å². The smallest absolute Gasteiger partial charge is 0.325 e. The number of amides is 4. The quantitative estimate of drug-likeness (QED) is 0.735. The molecular weight excluding hydrogens is 376 g/mol. The fraction of sp³-hybridized carbons (Fsp3) is 0.500. The number of ether oxygens (including phenoxy) is 2. The summed E-state index contributed by atoms with van der Waals surface area (Å²) in [4.78, 5) is 38.9. The van der Waals surface area contributed by atoms with Crippen LogP contribution in [0.2, 0.25) is 0 Å². The van der Waals surface area contributed by atoms with Crippen LogP contribution < -0.4 is 20.1 Å². The van der Waals surface area contributed by atoms with Crippen molar-refractivity contribution in [2.24, 2.45) is 0 Å². The van der Waals surface area contributed by atoms with Crippen LogP contribution in [0.4, 0.5) is 4.79 Å². The van der Waals surface area contributed by atoms with Gasteiger partial charge >= 0.3 is 6.03 Å². The molecule has 0 radical (unpaired) electrons. The Bertz CT molecular complexity index is 918. The molecule has 9 heteroatoms. The van der Waals surface area contributed by atoms with Crippen molar-refractivity contribution in [1.82, 2.24) is 15.5 Å². The molecule has 1 aromatic carbocycles. The average molecular weight is 398 g/mol. The van der Waals surface area contributed by atoms with Crippen LogP contribution in [0.5, 0.6) is 11.5 Å². The lowest BCUT2D eigenvalue weighted by molar-refractivity contribution is -0.135. The molecule has 1 atom stereocenters. The van der Waals surface area contributed by atoms with Crippen molar-refractivity contribution in [3.63, 3.8) is 0 Å². The summed E-state index contributed by atoms with van der Waals surface area (Å²) in [6.07, 6.45) is 2.87. The third-order valence-corrected chi connectivity index (χ3v) is 5.75. The van der Waals surface area contributed by atoms with Gasteiger partial charge in [-0.3, -0.25) is 14.5 Å². The van der Waals surface area contributed by atoms with E-state index in [9.17, 15) is 19.6 Å². The van der Waals surface area contributed by atoms with Crippen LogP contribution in [0.3, 0.4) is 0 Å². The molecule has 0 bridgehead atoms. The normalized spacial score (nSPS) is 24.8. The Morgan fingerprint density at radius 2 is 1.93 bits per heavy atom. The number of rotatable bonds is 4. The molecule has 2 fully saturated rings. The summed E-state index contributed by atoms with van der Waals surface area (Å²) < 4.78 is 11.1. The monoisotopic (exact) mass is 398 g/mol. The number of benzene rings is 1. The Morgan fingerprint density at radius 1 is 1.24 bits per heavy atom. The molecule has 3 aliphatic rings. The molecule has 29 heavy (non-hydrogen) atoms. The summed E-state index contributed by atoms with van der Waals surface area (Å²) in [5.41, 5.74) is -1.70. The summed E-state index contributed by atoms with van der Waals surface area (Å²) in [5.74, 6) is 0.0236. The molecule has 2 heterocycles. The Hall–Kier alpha value is -3.28. The van der Waals surface area contributed by atoms with E-state index in [1.165, 1.54) is 0 Å². The summed E-state index contributed by atoms with van der Waals surface area (Å²) >= 11 is 0. The molecule has 1 aliphatic carbocycles. The molecule has 0 unspecified atom stereocenters. The number of nitrogens with zero attached hydrogens (tertiary/aromatic N) is 2. The van der Waals surface area contributed by atoms with E-state index in [0.717, 1.165) is 17.7 Å². The zero-order valence-electron chi connectivity index (χ0n) is 16.1. The average Bonchev–Trinajstić information content (AvgIpc) is 3.27. The Labute approximate surface area is 167 Å². The minimum Gasteiger partial charge on any atom is -0.486 e. The van der Waals surface area contributed by atoms with Crippen LogP contribution in [0, 0.1) is 11.3 Å². The van der Waals surface area contributed by atoms with Crippen molar-refractivity contribution in [2.75, 3.05) is 19.8 Å². The number of fused-ring (bicyclic) bond motifs is 1. The van der Waals surface area contributed by atoms with Gasteiger partial charge in [0, 0.05) is 0 Å². The van der Waals surface area contributed by atoms with E-state index < -0.39 is 35.5 Å². The van der Waals surface area contributed by atoms with E-state index in [1.807, 2.05) is 0 Å². The maximum atomic E-state index is 13.1. The molecule has 0 spiro atoms. The first kappa shape index (κ1) is 19.1. The van der Waals surface area contributed by atoms with Gasteiger partial charge in [-0.05, 0) is 50.3 Å².